The van der Waals surface area contributed by atoms with Crippen LogP contribution in [-0.4, -0.2) is 55.8 Å². The minimum Gasteiger partial charge on any atom is -0.379 e. The molecule has 4 rings (SSSR count). The smallest absolute Gasteiger partial charge is 0.0734 e. The van der Waals surface area contributed by atoms with Crippen LogP contribution in [-0.2, 0) is 4.74 Å². The number of halogens is 1. The summed E-state index contributed by atoms with van der Waals surface area (Å²) in [4.78, 5) is 9.66. The van der Waals surface area contributed by atoms with Crippen molar-refractivity contribution < 1.29 is 4.74 Å². The third-order valence-corrected chi connectivity index (χ3v) is 5.65. The summed E-state index contributed by atoms with van der Waals surface area (Å²) in [7, 11) is 0. The van der Waals surface area contributed by atoms with Crippen LogP contribution >= 0.6 is 15.9 Å². The molecule has 0 spiro atoms. The largest absolute Gasteiger partial charge is 0.379 e. The maximum atomic E-state index is 5.47. The zero-order chi connectivity index (χ0) is 16.4. The van der Waals surface area contributed by atoms with Crippen LogP contribution in [0, 0.1) is 5.92 Å². The van der Waals surface area contributed by atoms with Crippen molar-refractivity contribution in [1.82, 2.24) is 9.88 Å². The molecular weight excluding hydrogens is 366 g/mol. The lowest BCUT2D eigenvalue weighted by atomic mass is 9.96. The molecule has 1 unspecified atom stereocenters. The molecule has 0 aliphatic carbocycles. The van der Waals surface area contributed by atoms with Crippen LogP contribution in [0.1, 0.15) is 12.8 Å². The van der Waals surface area contributed by atoms with E-state index in [0.29, 0.717) is 0 Å². The highest BCUT2D eigenvalue weighted by Gasteiger charge is 2.24. The molecule has 0 saturated carbocycles. The quantitative estimate of drug-likeness (QED) is 0.802. The van der Waals surface area contributed by atoms with Gasteiger partial charge < -0.3 is 9.64 Å². The predicted octanol–water partition coefficient (Wildman–Crippen LogP) is 3.55. The van der Waals surface area contributed by atoms with Crippen molar-refractivity contribution in [3.05, 3.63) is 34.9 Å². The Kier molecular flexibility index (Phi) is 5.01. The Balaban J connectivity index is 1.51. The van der Waals surface area contributed by atoms with Crippen molar-refractivity contribution in [1.29, 1.82) is 0 Å². The van der Waals surface area contributed by atoms with Gasteiger partial charge in [0, 0.05) is 54.5 Å². The van der Waals surface area contributed by atoms with E-state index in [-0.39, 0.29) is 0 Å². The van der Waals surface area contributed by atoms with Crippen molar-refractivity contribution in [2.45, 2.75) is 12.8 Å². The van der Waals surface area contributed by atoms with Crippen molar-refractivity contribution in [2.75, 3.05) is 50.8 Å². The van der Waals surface area contributed by atoms with Crippen LogP contribution in [0.25, 0.3) is 10.9 Å². The number of piperidine rings is 1. The molecule has 1 aromatic heterocycles. The van der Waals surface area contributed by atoms with Gasteiger partial charge >= 0.3 is 0 Å². The van der Waals surface area contributed by atoms with Gasteiger partial charge in [0.15, 0.2) is 0 Å². The molecule has 2 aromatic rings. The van der Waals surface area contributed by atoms with E-state index in [4.69, 9.17) is 4.74 Å². The minimum atomic E-state index is 0.746. The molecular formula is C19H24BrN3O. The van der Waals surface area contributed by atoms with Crippen LogP contribution in [0.4, 0.5) is 5.69 Å². The van der Waals surface area contributed by atoms with E-state index < -0.39 is 0 Å². The lowest BCUT2D eigenvalue weighted by Gasteiger charge is -2.38. The van der Waals surface area contributed by atoms with E-state index in [1.807, 2.05) is 6.20 Å². The van der Waals surface area contributed by atoms with Gasteiger partial charge in [-0.3, -0.25) is 9.88 Å². The van der Waals surface area contributed by atoms with E-state index >= 15 is 0 Å². The Morgan fingerprint density at radius 3 is 2.92 bits per heavy atom. The molecule has 2 aliphatic rings. The molecule has 1 aromatic carbocycles. The number of hydrogen-bond acceptors (Lipinski definition) is 4. The summed E-state index contributed by atoms with van der Waals surface area (Å²) in [5.41, 5.74) is 2.40. The number of aromatic nitrogens is 1. The van der Waals surface area contributed by atoms with Crippen LogP contribution in [0.2, 0.25) is 0 Å². The fourth-order valence-electron chi connectivity index (χ4n) is 3.96. The molecule has 5 heteroatoms. The van der Waals surface area contributed by atoms with Crippen LogP contribution < -0.4 is 4.90 Å². The monoisotopic (exact) mass is 389 g/mol. The topological polar surface area (TPSA) is 28.6 Å². The number of ether oxygens (including phenoxy) is 1. The van der Waals surface area contributed by atoms with Gasteiger partial charge in [-0.1, -0.05) is 15.9 Å². The number of anilines is 1. The highest BCUT2D eigenvalue weighted by molar-refractivity contribution is 9.10. The average Bonchev–Trinajstić information content (AvgIpc) is 2.62. The van der Waals surface area contributed by atoms with Gasteiger partial charge in [-0.2, -0.15) is 0 Å². The lowest BCUT2D eigenvalue weighted by Crippen LogP contribution is -2.44. The summed E-state index contributed by atoms with van der Waals surface area (Å²) in [5, 5.41) is 1.26. The molecule has 1 atom stereocenters. The Labute approximate surface area is 151 Å². The maximum Gasteiger partial charge on any atom is 0.0734 e. The average molecular weight is 390 g/mol. The van der Waals surface area contributed by atoms with Crippen LogP contribution in [0.15, 0.2) is 34.9 Å². The summed E-state index contributed by atoms with van der Waals surface area (Å²) in [6.07, 6.45) is 4.55. The first-order chi connectivity index (χ1) is 11.8. The molecule has 3 heterocycles. The highest BCUT2D eigenvalue weighted by Crippen LogP contribution is 2.31. The minimum absolute atomic E-state index is 0.746. The van der Waals surface area contributed by atoms with Crippen molar-refractivity contribution in [3.63, 3.8) is 0 Å². The fourth-order valence-corrected chi connectivity index (χ4v) is 4.31. The normalized spacial score (nSPS) is 22.9. The first kappa shape index (κ1) is 16.3. The SMILES string of the molecule is Brc1ccc2c(N3CCCC(CN4CCOCC4)C3)ccnc2c1. The predicted molar refractivity (Wildman–Crippen MR) is 102 cm³/mol. The number of pyridine rings is 1. The van der Waals surface area contributed by atoms with E-state index in [0.717, 1.165) is 55.3 Å². The third-order valence-electron chi connectivity index (χ3n) is 5.16. The van der Waals surface area contributed by atoms with Crippen molar-refractivity contribution in [2.24, 2.45) is 5.92 Å². The number of nitrogens with zero attached hydrogens (tertiary/aromatic N) is 3. The lowest BCUT2D eigenvalue weighted by molar-refractivity contribution is 0.0296. The van der Waals surface area contributed by atoms with E-state index in [9.17, 15) is 0 Å². The van der Waals surface area contributed by atoms with Crippen LogP contribution in [0.3, 0.4) is 0 Å². The Bertz CT molecular complexity index is 702. The first-order valence-electron chi connectivity index (χ1n) is 8.89. The summed E-state index contributed by atoms with van der Waals surface area (Å²) < 4.78 is 6.56. The standard InChI is InChI=1S/C19H24BrN3O/c20-16-3-4-17-18(12-16)21-6-5-19(17)23-7-1-2-15(14-23)13-22-8-10-24-11-9-22/h3-6,12,15H,1-2,7-11,13-14H2. The second kappa shape index (κ2) is 7.38. The number of hydrogen-bond donors (Lipinski definition) is 0. The second-order valence-corrected chi connectivity index (χ2v) is 7.77. The Morgan fingerprint density at radius 2 is 2.04 bits per heavy atom. The van der Waals surface area contributed by atoms with Gasteiger partial charge in [-0.15, -0.1) is 0 Å². The van der Waals surface area contributed by atoms with E-state index in [1.165, 1.54) is 30.5 Å². The molecule has 24 heavy (non-hydrogen) atoms. The van der Waals surface area contributed by atoms with Gasteiger partial charge in [0.2, 0.25) is 0 Å². The third kappa shape index (κ3) is 3.58. The number of rotatable bonds is 3. The molecule has 2 saturated heterocycles. The van der Waals surface area contributed by atoms with Gasteiger partial charge in [0.25, 0.3) is 0 Å². The summed E-state index contributed by atoms with van der Waals surface area (Å²) in [5.74, 6) is 0.746. The summed E-state index contributed by atoms with van der Waals surface area (Å²) in [6.45, 7) is 7.45. The van der Waals surface area contributed by atoms with Gasteiger partial charge in [0.05, 0.1) is 18.7 Å². The molecule has 0 amide bonds. The number of benzene rings is 1. The first-order valence-corrected chi connectivity index (χ1v) is 9.68. The van der Waals surface area contributed by atoms with Crippen molar-refractivity contribution in [3.8, 4) is 0 Å². The second-order valence-electron chi connectivity index (χ2n) is 6.86. The maximum absolute atomic E-state index is 5.47. The fraction of sp³-hybridized carbons (Fsp3) is 0.526. The van der Waals surface area contributed by atoms with Gasteiger partial charge in [-0.05, 0) is 43.0 Å². The zero-order valence-corrected chi connectivity index (χ0v) is 15.5. The Hall–Kier alpha value is -1.17. The molecule has 0 bridgehead atoms. The van der Waals surface area contributed by atoms with Crippen molar-refractivity contribution >= 4 is 32.5 Å². The summed E-state index contributed by atoms with van der Waals surface area (Å²) in [6, 6.07) is 8.58. The number of fused-ring (bicyclic) bond motifs is 1. The van der Waals surface area contributed by atoms with E-state index in [2.05, 4.69) is 55.0 Å². The molecule has 0 N–H and O–H groups in total. The molecule has 2 fully saturated rings. The zero-order valence-electron chi connectivity index (χ0n) is 14.0. The highest BCUT2D eigenvalue weighted by atomic mass is 79.9. The van der Waals surface area contributed by atoms with Gasteiger partial charge in [0.1, 0.15) is 0 Å². The Morgan fingerprint density at radius 1 is 1.17 bits per heavy atom. The molecule has 4 nitrogen and oxygen atoms in total. The molecule has 128 valence electrons. The molecule has 2 aliphatic heterocycles. The van der Waals surface area contributed by atoms with Gasteiger partial charge in [-0.25, -0.2) is 0 Å². The molecule has 0 radical (unpaired) electrons. The van der Waals surface area contributed by atoms with E-state index in [1.54, 1.807) is 0 Å². The number of morpholine rings is 1. The van der Waals surface area contributed by atoms with Crippen LogP contribution in [0.5, 0.6) is 0 Å². The summed E-state index contributed by atoms with van der Waals surface area (Å²) >= 11 is 3.55.